The number of fused-ring (bicyclic) bond motifs is 1. The Morgan fingerprint density at radius 1 is 1.59 bits per heavy atom. The van der Waals surface area contributed by atoms with E-state index in [1.54, 1.807) is 6.92 Å². The monoisotopic (exact) mass is 250 g/mol. The zero-order chi connectivity index (χ0) is 12.0. The average molecular weight is 250 g/mol. The topological polar surface area (TPSA) is 46.3 Å². The molecule has 2 N–H and O–H groups in total. The minimum atomic E-state index is -0.378. The van der Waals surface area contributed by atoms with Crippen molar-refractivity contribution in [3.8, 4) is 0 Å². The standard InChI is InChI=1S/C13H18N2OS/c1-8(14)13(16)15-6-4-11-10(5-7-17-11)12(15)9-2-3-9/h5,7-9,12H,2-4,6,14H2,1H3. The Morgan fingerprint density at radius 2 is 2.35 bits per heavy atom. The van der Waals surface area contributed by atoms with Gasteiger partial charge >= 0.3 is 0 Å². The first kappa shape index (κ1) is 11.2. The summed E-state index contributed by atoms with van der Waals surface area (Å²) in [5.41, 5.74) is 7.14. The van der Waals surface area contributed by atoms with Crippen LogP contribution in [0.4, 0.5) is 0 Å². The van der Waals surface area contributed by atoms with Crippen molar-refractivity contribution in [3.05, 3.63) is 21.9 Å². The molecule has 2 heterocycles. The second-order valence-corrected chi connectivity index (χ2v) is 6.15. The van der Waals surface area contributed by atoms with Crippen molar-refractivity contribution in [3.63, 3.8) is 0 Å². The molecule has 0 bridgehead atoms. The lowest BCUT2D eigenvalue weighted by molar-refractivity contribution is -0.135. The van der Waals surface area contributed by atoms with Gasteiger partial charge in [0, 0.05) is 11.4 Å². The number of nitrogens with zero attached hydrogens (tertiary/aromatic N) is 1. The minimum absolute atomic E-state index is 0.110. The fourth-order valence-corrected chi connectivity index (χ4v) is 3.69. The summed E-state index contributed by atoms with van der Waals surface area (Å²) in [5.74, 6) is 0.782. The fourth-order valence-electron chi connectivity index (χ4n) is 2.78. The predicted molar refractivity (Wildman–Crippen MR) is 68.9 cm³/mol. The van der Waals surface area contributed by atoms with Crippen molar-refractivity contribution in [1.82, 2.24) is 4.90 Å². The number of rotatable bonds is 2. The summed E-state index contributed by atoms with van der Waals surface area (Å²) in [5, 5.41) is 2.15. The lowest BCUT2D eigenvalue weighted by Crippen LogP contribution is -2.47. The Kier molecular flexibility index (Phi) is 2.71. The van der Waals surface area contributed by atoms with E-state index in [0.29, 0.717) is 12.0 Å². The molecule has 0 spiro atoms. The molecule has 0 saturated heterocycles. The molecule has 1 aliphatic carbocycles. The van der Waals surface area contributed by atoms with Gasteiger partial charge in [-0.1, -0.05) is 0 Å². The van der Waals surface area contributed by atoms with Gasteiger partial charge < -0.3 is 10.6 Å². The molecule has 92 valence electrons. The molecule has 17 heavy (non-hydrogen) atoms. The molecule has 0 aromatic carbocycles. The summed E-state index contributed by atoms with van der Waals surface area (Å²) in [6.07, 6.45) is 3.50. The highest BCUT2D eigenvalue weighted by Gasteiger charge is 2.42. The quantitative estimate of drug-likeness (QED) is 0.872. The highest BCUT2D eigenvalue weighted by atomic mass is 32.1. The maximum Gasteiger partial charge on any atom is 0.239 e. The zero-order valence-electron chi connectivity index (χ0n) is 10.1. The van der Waals surface area contributed by atoms with Crippen LogP contribution in [0.2, 0.25) is 0 Å². The SMILES string of the molecule is CC(N)C(=O)N1CCc2sccc2C1C1CC1. The van der Waals surface area contributed by atoms with E-state index in [4.69, 9.17) is 5.73 Å². The molecule has 4 heteroatoms. The molecule has 3 nitrogen and oxygen atoms in total. The van der Waals surface area contributed by atoms with Crippen molar-refractivity contribution >= 4 is 17.2 Å². The molecule has 1 amide bonds. The lowest BCUT2D eigenvalue weighted by Gasteiger charge is -2.37. The van der Waals surface area contributed by atoms with Gasteiger partial charge in [-0.15, -0.1) is 11.3 Å². The van der Waals surface area contributed by atoms with Crippen LogP contribution in [-0.4, -0.2) is 23.4 Å². The fraction of sp³-hybridized carbons (Fsp3) is 0.615. The van der Waals surface area contributed by atoms with E-state index < -0.39 is 0 Å². The van der Waals surface area contributed by atoms with Gasteiger partial charge in [0.1, 0.15) is 0 Å². The molecular formula is C13H18N2OS. The largest absolute Gasteiger partial charge is 0.334 e. The number of nitrogens with two attached hydrogens (primary N) is 1. The molecule has 2 aliphatic rings. The summed E-state index contributed by atoms with van der Waals surface area (Å²) in [4.78, 5) is 15.7. The molecule has 1 aliphatic heterocycles. The molecule has 2 unspecified atom stereocenters. The highest BCUT2D eigenvalue weighted by molar-refractivity contribution is 7.10. The molecular weight excluding hydrogens is 232 g/mol. The summed E-state index contributed by atoms with van der Waals surface area (Å²) >= 11 is 1.83. The van der Waals surface area contributed by atoms with Crippen LogP contribution < -0.4 is 5.73 Å². The van der Waals surface area contributed by atoms with Crippen LogP contribution in [-0.2, 0) is 11.2 Å². The molecule has 0 radical (unpaired) electrons. The first-order valence-electron chi connectivity index (χ1n) is 6.31. The Bertz CT molecular complexity index is 436. The van der Waals surface area contributed by atoms with Crippen molar-refractivity contribution in [2.24, 2.45) is 11.7 Å². The minimum Gasteiger partial charge on any atom is -0.334 e. The predicted octanol–water partition coefficient (Wildman–Crippen LogP) is 1.93. The summed E-state index contributed by atoms with van der Waals surface area (Å²) < 4.78 is 0. The molecule has 1 aromatic heterocycles. The van der Waals surface area contributed by atoms with Gasteiger partial charge in [-0.25, -0.2) is 0 Å². The molecule has 2 atom stereocenters. The number of thiophene rings is 1. The third-order valence-corrected chi connectivity index (χ3v) is 4.75. The number of amides is 1. The number of carbonyl (C=O) groups excluding carboxylic acids is 1. The van der Waals surface area contributed by atoms with Gasteiger partial charge in [0.25, 0.3) is 0 Å². The smallest absolute Gasteiger partial charge is 0.239 e. The third kappa shape index (κ3) is 1.89. The van der Waals surface area contributed by atoms with Crippen molar-refractivity contribution in [1.29, 1.82) is 0 Å². The first-order valence-corrected chi connectivity index (χ1v) is 7.19. The van der Waals surface area contributed by atoms with Gasteiger partial charge in [0.2, 0.25) is 5.91 Å². The molecule has 1 aromatic rings. The molecule has 1 fully saturated rings. The van der Waals surface area contributed by atoms with E-state index in [-0.39, 0.29) is 11.9 Å². The van der Waals surface area contributed by atoms with Crippen LogP contribution >= 0.6 is 11.3 Å². The van der Waals surface area contributed by atoms with E-state index in [2.05, 4.69) is 11.4 Å². The second-order valence-electron chi connectivity index (χ2n) is 5.15. The summed E-state index contributed by atoms with van der Waals surface area (Å²) in [6.45, 7) is 2.63. The van der Waals surface area contributed by atoms with Crippen LogP contribution in [0.5, 0.6) is 0 Å². The van der Waals surface area contributed by atoms with E-state index in [1.165, 1.54) is 23.3 Å². The van der Waals surface area contributed by atoms with Gasteiger partial charge in [0.15, 0.2) is 0 Å². The van der Waals surface area contributed by atoms with Crippen molar-refractivity contribution in [2.45, 2.75) is 38.3 Å². The van der Waals surface area contributed by atoms with Crippen molar-refractivity contribution in [2.75, 3.05) is 6.54 Å². The molecule has 3 rings (SSSR count). The van der Waals surface area contributed by atoms with Crippen molar-refractivity contribution < 1.29 is 4.79 Å². The van der Waals surface area contributed by atoms with Gasteiger partial charge in [-0.3, -0.25) is 4.79 Å². The first-order chi connectivity index (χ1) is 8.18. The summed E-state index contributed by atoms with van der Waals surface area (Å²) in [7, 11) is 0. The van der Waals surface area contributed by atoms with Crippen LogP contribution in [0.3, 0.4) is 0 Å². The van der Waals surface area contributed by atoms with Crippen LogP contribution in [0.1, 0.15) is 36.2 Å². The maximum atomic E-state index is 12.2. The molecule has 1 saturated carbocycles. The van der Waals surface area contributed by atoms with Crippen LogP contribution in [0.15, 0.2) is 11.4 Å². The second kappa shape index (κ2) is 4.10. The van der Waals surface area contributed by atoms with E-state index in [9.17, 15) is 4.79 Å². The Balaban J connectivity index is 1.93. The highest BCUT2D eigenvalue weighted by Crippen LogP contribution is 2.48. The number of hydrogen-bond donors (Lipinski definition) is 1. The number of hydrogen-bond acceptors (Lipinski definition) is 3. The lowest BCUT2D eigenvalue weighted by atomic mass is 9.95. The van der Waals surface area contributed by atoms with Gasteiger partial charge in [-0.2, -0.15) is 0 Å². The Labute approximate surface area is 106 Å². The van der Waals surface area contributed by atoms with Crippen LogP contribution in [0.25, 0.3) is 0 Å². The Hall–Kier alpha value is -0.870. The van der Waals surface area contributed by atoms with Gasteiger partial charge in [0.05, 0.1) is 12.1 Å². The summed E-state index contributed by atoms with van der Waals surface area (Å²) in [6, 6.07) is 2.13. The van der Waals surface area contributed by atoms with E-state index >= 15 is 0 Å². The normalized spacial score (nSPS) is 25.5. The van der Waals surface area contributed by atoms with E-state index in [1.807, 2.05) is 16.2 Å². The maximum absolute atomic E-state index is 12.2. The Morgan fingerprint density at radius 3 is 3.00 bits per heavy atom. The van der Waals surface area contributed by atoms with Gasteiger partial charge in [-0.05, 0) is 49.1 Å². The van der Waals surface area contributed by atoms with E-state index in [0.717, 1.165) is 13.0 Å². The average Bonchev–Trinajstić information content (AvgIpc) is 3.03. The number of carbonyl (C=O) groups is 1. The zero-order valence-corrected chi connectivity index (χ0v) is 10.9. The third-order valence-electron chi connectivity index (χ3n) is 3.76. The van der Waals surface area contributed by atoms with Crippen LogP contribution in [0, 0.1) is 5.92 Å².